The lowest BCUT2D eigenvalue weighted by Crippen LogP contribution is -2.40. The Morgan fingerprint density at radius 3 is 2.42 bits per heavy atom. The molecule has 4 nitrogen and oxygen atoms in total. The number of nitrogens with one attached hydrogen (secondary N) is 1. The summed E-state index contributed by atoms with van der Waals surface area (Å²) in [5.74, 6) is 1.40. The molecule has 24 heavy (non-hydrogen) atoms. The summed E-state index contributed by atoms with van der Waals surface area (Å²) in [5, 5.41) is 3.25. The number of hydrogen-bond donors (Lipinski definition) is 1. The van der Waals surface area contributed by atoms with Gasteiger partial charge >= 0.3 is 0 Å². The van der Waals surface area contributed by atoms with Gasteiger partial charge in [0.2, 0.25) is 0 Å². The highest BCUT2D eigenvalue weighted by atomic mass is 127. The SMILES string of the molecule is CN=C(NCc1ccc(F)cc1)N(C)CCOc1ccccc1.I. The molecule has 130 valence electrons. The molecule has 0 unspecified atom stereocenters. The van der Waals surface area contributed by atoms with Crippen LogP contribution in [0.2, 0.25) is 0 Å². The molecule has 2 rings (SSSR count). The number of ether oxygens (including phenoxy) is 1. The van der Waals surface area contributed by atoms with E-state index >= 15 is 0 Å². The van der Waals surface area contributed by atoms with Crippen LogP contribution in [0, 0.1) is 5.82 Å². The largest absolute Gasteiger partial charge is 0.492 e. The van der Waals surface area contributed by atoms with Gasteiger partial charge in [0.1, 0.15) is 18.2 Å². The Kier molecular flexibility index (Phi) is 9.14. The van der Waals surface area contributed by atoms with Crippen molar-refractivity contribution in [3.8, 4) is 5.75 Å². The number of halogens is 2. The van der Waals surface area contributed by atoms with E-state index in [1.807, 2.05) is 42.3 Å². The summed E-state index contributed by atoms with van der Waals surface area (Å²) in [7, 11) is 3.69. The van der Waals surface area contributed by atoms with E-state index < -0.39 is 0 Å². The molecule has 0 aliphatic carbocycles. The van der Waals surface area contributed by atoms with Gasteiger partial charge in [-0.1, -0.05) is 30.3 Å². The lowest BCUT2D eigenvalue weighted by Gasteiger charge is -2.22. The minimum Gasteiger partial charge on any atom is -0.492 e. The second-order valence-electron chi connectivity index (χ2n) is 5.11. The molecule has 2 aromatic rings. The quantitative estimate of drug-likeness (QED) is 0.422. The average molecular weight is 443 g/mol. The fourth-order valence-corrected chi connectivity index (χ4v) is 2.09. The first-order valence-corrected chi connectivity index (χ1v) is 7.53. The molecule has 0 amide bonds. The van der Waals surface area contributed by atoms with Gasteiger partial charge in [-0.05, 0) is 29.8 Å². The van der Waals surface area contributed by atoms with Crippen molar-refractivity contribution in [3.05, 3.63) is 66.0 Å². The van der Waals surface area contributed by atoms with Crippen molar-refractivity contribution in [2.24, 2.45) is 4.99 Å². The van der Waals surface area contributed by atoms with Crippen LogP contribution >= 0.6 is 24.0 Å². The van der Waals surface area contributed by atoms with Crippen molar-refractivity contribution in [1.82, 2.24) is 10.2 Å². The summed E-state index contributed by atoms with van der Waals surface area (Å²) < 4.78 is 18.6. The highest BCUT2D eigenvalue weighted by molar-refractivity contribution is 14.0. The monoisotopic (exact) mass is 443 g/mol. The maximum Gasteiger partial charge on any atom is 0.193 e. The lowest BCUT2D eigenvalue weighted by molar-refractivity contribution is 0.281. The van der Waals surface area contributed by atoms with Gasteiger partial charge in [-0.3, -0.25) is 4.99 Å². The van der Waals surface area contributed by atoms with Gasteiger partial charge in [-0.2, -0.15) is 0 Å². The fraction of sp³-hybridized carbons (Fsp3) is 0.278. The van der Waals surface area contributed by atoms with Crippen LogP contribution in [0.3, 0.4) is 0 Å². The topological polar surface area (TPSA) is 36.9 Å². The Labute approximate surface area is 159 Å². The summed E-state index contributed by atoms with van der Waals surface area (Å²) in [6.07, 6.45) is 0. The number of hydrogen-bond acceptors (Lipinski definition) is 2. The number of guanidine groups is 1. The molecular weight excluding hydrogens is 420 g/mol. The molecule has 0 aromatic heterocycles. The van der Waals surface area contributed by atoms with Gasteiger partial charge in [0.05, 0.1) is 6.54 Å². The zero-order valence-electron chi connectivity index (χ0n) is 13.9. The molecule has 0 atom stereocenters. The van der Waals surface area contributed by atoms with Crippen LogP contribution in [-0.2, 0) is 6.54 Å². The summed E-state index contributed by atoms with van der Waals surface area (Å²) in [4.78, 5) is 6.24. The third-order valence-electron chi connectivity index (χ3n) is 3.38. The Morgan fingerprint density at radius 1 is 1.12 bits per heavy atom. The van der Waals surface area contributed by atoms with Gasteiger partial charge in [0.25, 0.3) is 0 Å². The third kappa shape index (κ3) is 6.74. The molecule has 0 bridgehead atoms. The Morgan fingerprint density at radius 2 is 1.79 bits per heavy atom. The number of aliphatic imine (C=N–C) groups is 1. The zero-order valence-corrected chi connectivity index (χ0v) is 16.2. The van der Waals surface area contributed by atoms with Gasteiger partial charge in [0, 0.05) is 20.6 Å². The highest BCUT2D eigenvalue weighted by Crippen LogP contribution is 2.08. The van der Waals surface area contributed by atoms with Crippen molar-refractivity contribution in [1.29, 1.82) is 0 Å². The van der Waals surface area contributed by atoms with Gasteiger partial charge in [-0.25, -0.2) is 4.39 Å². The van der Waals surface area contributed by atoms with E-state index in [2.05, 4.69) is 10.3 Å². The summed E-state index contributed by atoms with van der Waals surface area (Å²) >= 11 is 0. The maximum atomic E-state index is 12.9. The number of para-hydroxylation sites is 1. The van der Waals surface area contributed by atoms with Crippen LogP contribution in [0.25, 0.3) is 0 Å². The van der Waals surface area contributed by atoms with Crippen molar-refractivity contribution >= 4 is 29.9 Å². The van der Waals surface area contributed by atoms with Gasteiger partial charge in [-0.15, -0.1) is 24.0 Å². The number of rotatable bonds is 6. The first-order valence-electron chi connectivity index (χ1n) is 7.53. The van der Waals surface area contributed by atoms with E-state index in [1.165, 1.54) is 12.1 Å². The Hall–Kier alpha value is -1.83. The molecule has 0 heterocycles. The van der Waals surface area contributed by atoms with E-state index in [0.29, 0.717) is 19.7 Å². The predicted octanol–water partition coefficient (Wildman–Crippen LogP) is 3.53. The highest BCUT2D eigenvalue weighted by Gasteiger charge is 2.06. The minimum absolute atomic E-state index is 0. The maximum absolute atomic E-state index is 12.9. The Balaban J connectivity index is 0.00000288. The van der Waals surface area contributed by atoms with Crippen molar-refractivity contribution in [2.75, 3.05) is 27.2 Å². The molecule has 0 radical (unpaired) electrons. The smallest absolute Gasteiger partial charge is 0.193 e. The Bertz CT molecular complexity index is 620. The second kappa shape index (κ2) is 10.9. The number of benzene rings is 2. The van der Waals surface area contributed by atoms with Crippen LogP contribution in [0.4, 0.5) is 4.39 Å². The average Bonchev–Trinajstić information content (AvgIpc) is 2.58. The molecule has 0 saturated heterocycles. The molecule has 0 fully saturated rings. The van der Waals surface area contributed by atoms with Crippen LogP contribution in [0.1, 0.15) is 5.56 Å². The standard InChI is InChI=1S/C18H22FN3O.HI/c1-20-18(21-14-15-8-10-16(19)11-9-15)22(2)12-13-23-17-6-4-3-5-7-17;/h3-11H,12-14H2,1-2H3,(H,20,21);1H. The van der Waals surface area contributed by atoms with E-state index in [9.17, 15) is 4.39 Å². The summed E-state index contributed by atoms with van der Waals surface area (Å²) in [6.45, 7) is 1.87. The molecule has 2 aromatic carbocycles. The van der Waals surface area contributed by atoms with Gasteiger partial charge in [0.15, 0.2) is 5.96 Å². The lowest BCUT2D eigenvalue weighted by atomic mass is 10.2. The summed E-state index contributed by atoms with van der Waals surface area (Å²) in [5.41, 5.74) is 1.00. The molecule has 0 saturated carbocycles. The molecule has 6 heteroatoms. The minimum atomic E-state index is -0.228. The fourth-order valence-electron chi connectivity index (χ4n) is 2.09. The molecule has 0 spiro atoms. The number of nitrogens with zero attached hydrogens (tertiary/aromatic N) is 2. The van der Waals surface area contributed by atoms with Crippen LogP contribution in [-0.4, -0.2) is 38.1 Å². The van der Waals surface area contributed by atoms with Crippen LogP contribution < -0.4 is 10.1 Å². The number of likely N-dealkylation sites (N-methyl/N-ethyl adjacent to an activating group) is 1. The molecular formula is C18H23FIN3O. The van der Waals surface area contributed by atoms with Crippen LogP contribution in [0.5, 0.6) is 5.75 Å². The van der Waals surface area contributed by atoms with Crippen molar-refractivity contribution < 1.29 is 9.13 Å². The third-order valence-corrected chi connectivity index (χ3v) is 3.38. The van der Waals surface area contributed by atoms with E-state index in [-0.39, 0.29) is 29.8 Å². The molecule has 0 aliphatic heterocycles. The molecule has 0 aliphatic rings. The second-order valence-corrected chi connectivity index (χ2v) is 5.11. The van der Waals surface area contributed by atoms with Crippen LogP contribution in [0.15, 0.2) is 59.6 Å². The first kappa shape index (κ1) is 20.2. The van der Waals surface area contributed by atoms with E-state index in [4.69, 9.17) is 4.74 Å². The zero-order chi connectivity index (χ0) is 16.5. The molecule has 1 N–H and O–H groups in total. The van der Waals surface area contributed by atoms with Crippen molar-refractivity contribution in [3.63, 3.8) is 0 Å². The summed E-state index contributed by atoms with van der Waals surface area (Å²) in [6, 6.07) is 16.1. The normalized spacial score (nSPS) is 10.7. The van der Waals surface area contributed by atoms with E-state index in [0.717, 1.165) is 17.3 Å². The first-order chi connectivity index (χ1) is 11.2. The van der Waals surface area contributed by atoms with E-state index in [1.54, 1.807) is 19.2 Å². The predicted molar refractivity (Wildman–Crippen MR) is 107 cm³/mol. The van der Waals surface area contributed by atoms with Crippen molar-refractivity contribution in [2.45, 2.75) is 6.54 Å². The van der Waals surface area contributed by atoms with Gasteiger partial charge < -0.3 is 15.0 Å².